The summed E-state index contributed by atoms with van der Waals surface area (Å²) in [7, 11) is -3.57. The molecule has 5 heteroatoms. The van der Waals surface area contributed by atoms with Gasteiger partial charge in [0.15, 0.2) is 0 Å². The van der Waals surface area contributed by atoms with Gasteiger partial charge in [-0.05, 0) is 54.8 Å². The van der Waals surface area contributed by atoms with E-state index in [0.717, 1.165) is 27.8 Å². The minimum absolute atomic E-state index is 0.386. The largest absolute Gasteiger partial charge is 0.438 e. The number of ether oxygens (including phenoxy) is 1. The van der Waals surface area contributed by atoms with Gasteiger partial charge < -0.3 is 9.26 Å². The molecule has 0 fully saturated rings. The lowest BCUT2D eigenvalue weighted by Gasteiger charge is -2.41. The number of hydrogen-bond acceptors (Lipinski definition) is 4. The summed E-state index contributed by atoms with van der Waals surface area (Å²) in [6, 6.07) is 30.8. The predicted molar refractivity (Wildman–Crippen MR) is 135 cm³/mol. The third kappa shape index (κ3) is 3.46. The molecule has 0 saturated carbocycles. The Kier molecular flexibility index (Phi) is 5.42. The molecule has 5 rings (SSSR count). The lowest BCUT2D eigenvalue weighted by molar-refractivity contribution is -0.131. The van der Waals surface area contributed by atoms with Crippen LogP contribution in [0, 0.1) is 6.92 Å². The predicted octanol–water partition coefficient (Wildman–Crippen LogP) is 6.85. The van der Waals surface area contributed by atoms with Crippen molar-refractivity contribution in [2.75, 3.05) is 0 Å². The summed E-state index contributed by atoms with van der Waals surface area (Å²) in [5.41, 5.74) is 4.66. The van der Waals surface area contributed by atoms with Gasteiger partial charge in [-0.3, -0.25) is 9.36 Å². The van der Waals surface area contributed by atoms with E-state index in [-0.39, 0.29) is 5.97 Å². The van der Waals surface area contributed by atoms with Gasteiger partial charge in [0.1, 0.15) is 16.7 Å². The van der Waals surface area contributed by atoms with Crippen molar-refractivity contribution in [1.29, 1.82) is 0 Å². The zero-order valence-corrected chi connectivity index (χ0v) is 20.2. The van der Waals surface area contributed by atoms with Crippen LogP contribution in [0.4, 0.5) is 0 Å². The Morgan fingerprint density at radius 1 is 0.794 bits per heavy atom. The number of carbonyl (C=O) groups excluding carboxylic acids is 1. The second-order valence-corrected chi connectivity index (χ2v) is 11.4. The first-order chi connectivity index (χ1) is 16.3. The minimum atomic E-state index is -3.57. The summed E-state index contributed by atoms with van der Waals surface area (Å²) in [6.45, 7) is 5.37. The van der Waals surface area contributed by atoms with E-state index in [2.05, 4.69) is 0 Å². The van der Waals surface area contributed by atoms with Crippen molar-refractivity contribution in [1.82, 2.24) is 0 Å². The molecule has 4 aromatic rings. The van der Waals surface area contributed by atoms with E-state index >= 15 is 4.57 Å². The van der Waals surface area contributed by atoms with Crippen molar-refractivity contribution in [2.24, 2.45) is 0 Å². The molecule has 1 aliphatic heterocycles. The number of fused-ring (bicyclic) bond motifs is 3. The fraction of sp³-hybridized carbons (Fsp3) is 0.138. The molecule has 0 bridgehead atoms. The van der Waals surface area contributed by atoms with E-state index in [1.165, 1.54) is 6.92 Å². The van der Waals surface area contributed by atoms with E-state index < -0.39 is 12.5 Å². The topological polar surface area (TPSA) is 52.6 Å². The van der Waals surface area contributed by atoms with E-state index in [0.29, 0.717) is 16.8 Å². The molecule has 2 unspecified atom stereocenters. The molecule has 170 valence electrons. The molecular weight excluding hydrogens is 443 g/mol. The first-order valence-corrected chi connectivity index (χ1v) is 12.8. The highest BCUT2D eigenvalue weighted by Gasteiger charge is 2.53. The summed E-state index contributed by atoms with van der Waals surface area (Å²) < 4.78 is 27.0. The SMILES string of the molecule is CC(=O)Oc1ccc(C(C)(c2ccc(C)cc2)P2(=O)Oc3ccccc3-c3ccccc32)cc1. The smallest absolute Gasteiger partial charge is 0.308 e. The lowest BCUT2D eigenvalue weighted by Crippen LogP contribution is -2.34. The van der Waals surface area contributed by atoms with Crippen LogP contribution in [0.1, 0.15) is 30.5 Å². The van der Waals surface area contributed by atoms with Gasteiger partial charge in [0, 0.05) is 12.5 Å². The van der Waals surface area contributed by atoms with Crippen LogP contribution in [0.2, 0.25) is 0 Å². The summed E-state index contributed by atoms with van der Waals surface area (Å²) >= 11 is 0. The molecule has 0 aromatic heterocycles. The van der Waals surface area contributed by atoms with Crippen molar-refractivity contribution in [3.63, 3.8) is 0 Å². The monoisotopic (exact) mass is 468 g/mol. The Bertz CT molecular complexity index is 1420. The molecule has 0 aliphatic carbocycles. The van der Waals surface area contributed by atoms with Crippen LogP contribution in [0.15, 0.2) is 97.1 Å². The average Bonchev–Trinajstić information content (AvgIpc) is 2.84. The van der Waals surface area contributed by atoms with Crippen LogP contribution in [0.3, 0.4) is 0 Å². The first kappa shape index (κ1) is 22.2. The zero-order valence-electron chi connectivity index (χ0n) is 19.3. The third-order valence-corrected chi connectivity index (χ3v) is 9.68. The van der Waals surface area contributed by atoms with E-state index in [1.54, 1.807) is 12.1 Å². The molecule has 34 heavy (non-hydrogen) atoms. The third-order valence-electron chi connectivity index (χ3n) is 6.51. The maximum absolute atomic E-state index is 15.3. The van der Waals surface area contributed by atoms with Crippen molar-refractivity contribution in [3.05, 3.63) is 114 Å². The van der Waals surface area contributed by atoms with Gasteiger partial charge in [0.2, 0.25) is 0 Å². The Labute approximate surface area is 199 Å². The molecule has 0 radical (unpaired) electrons. The highest BCUT2D eigenvalue weighted by molar-refractivity contribution is 7.69. The fourth-order valence-corrected chi connectivity index (χ4v) is 7.62. The molecule has 0 N–H and O–H groups in total. The van der Waals surface area contributed by atoms with E-state index in [1.807, 2.05) is 98.8 Å². The van der Waals surface area contributed by atoms with Crippen LogP contribution >= 0.6 is 7.37 Å². The highest BCUT2D eigenvalue weighted by atomic mass is 31.2. The van der Waals surface area contributed by atoms with Crippen molar-refractivity contribution in [2.45, 2.75) is 25.9 Å². The highest BCUT2D eigenvalue weighted by Crippen LogP contribution is 2.68. The normalized spacial score (nSPS) is 18.1. The number of esters is 1. The number of aryl methyl sites for hydroxylation is 1. The molecule has 0 saturated heterocycles. The number of para-hydroxylation sites is 1. The number of hydrogen-bond donors (Lipinski definition) is 0. The van der Waals surface area contributed by atoms with Crippen LogP contribution in [-0.2, 0) is 14.5 Å². The number of benzene rings is 4. The molecule has 0 amide bonds. The fourth-order valence-electron chi connectivity index (χ4n) is 4.64. The summed E-state index contributed by atoms with van der Waals surface area (Å²) in [6.07, 6.45) is 0. The average molecular weight is 468 g/mol. The first-order valence-electron chi connectivity index (χ1n) is 11.2. The van der Waals surface area contributed by atoms with Crippen LogP contribution in [0.25, 0.3) is 11.1 Å². The van der Waals surface area contributed by atoms with Gasteiger partial charge in [-0.15, -0.1) is 0 Å². The number of carbonyl (C=O) groups is 1. The van der Waals surface area contributed by atoms with Crippen molar-refractivity contribution < 1.29 is 18.6 Å². The van der Waals surface area contributed by atoms with Gasteiger partial charge >= 0.3 is 5.97 Å². The molecular formula is C29H25O4P. The van der Waals surface area contributed by atoms with Crippen molar-refractivity contribution >= 4 is 18.6 Å². The minimum Gasteiger partial charge on any atom is -0.438 e. The van der Waals surface area contributed by atoms with E-state index in [4.69, 9.17) is 9.26 Å². The molecule has 0 spiro atoms. The maximum atomic E-state index is 15.3. The van der Waals surface area contributed by atoms with Gasteiger partial charge in [-0.25, -0.2) is 0 Å². The molecule has 4 nitrogen and oxygen atoms in total. The quantitative estimate of drug-likeness (QED) is 0.187. The molecule has 4 aromatic carbocycles. The molecule has 2 atom stereocenters. The zero-order chi connectivity index (χ0) is 23.9. The van der Waals surface area contributed by atoms with Gasteiger partial charge in [-0.1, -0.05) is 78.4 Å². The standard InChI is InChI=1S/C29H25O4P/c1-20-12-14-22(15-13-20)29(3,23-16-18-24(19-17-23)32-21(2)30)34(31)28-11-7-5-9-26(28)25-8-4-6-10-27(25)33-34/h4-19H,1-3H3. The summed E-state index contributed by atoms with van der Waals surface area (Å²) in [5, 5.41) is -0.306. The maximum Gasteiger partial charge on any atom is 0.308 e. The van der Waals surface area contributed by atoms with E-state index in [9.17, 15) is 4.79 Å². The van der Waals surface area contributed by atoms with Gasteiger partial charge in [-0.2, -0.15) is 0 Å². The Balaban J connectivity index is 1.77. The lowest BCUT2D eigenvalue weighted by atomic mass is 9.91. The van der Waals surface area contributed by atoms with Crippen LogP contribution in [-0.4, -0.2) is 5.97 Å². The van der Waals surface area contributed by atoms with Gasteiger partial charge in [0.25, 0.3) is 7.37 Å². The second-order valence-electron chi connectivity index (χ2n) is 8.71. The Morgan fingerprint density at radius 3 is 2.00 bits per heavy atom. The van der Waals surface area contributed by atoms with Crippen LogP contribution in [0.5, 0.6) is 11.5 Å². The summed E-state index contributed by atoms with van der Waals surface area (Å²) in [4.78, 5) is 11.4. The molecule has 1 heterocycles. The second kappa shape index (κ2) is 8.30. The van der Waals surface area contributed by atoms with Crippen LogP contribution < -0.4 is 14.6 Å². The van der Waals surface area contributed by atoms with Gasteiger partial charge in [0.05, 0.1) is 5.30 Å². The Hall–Kier alpha value is -3.62. The van der Waals surface area contributed by atoms with Crippen molar-refractivity contribution in [3.8, 4) is 22.6 Å². The summed E-state index contributed by atoms with van der Waals surface area (Å²) in [5.74, 6) is 0.665. The molecule has 1 aliphatic rings. The number of rotatable bonds is 4. The Morgan fingerprint density at radius 2 is 1.35 bits per heavy atom.